The predicted molar refractivity (Wildman–Crippen MR) is 67.9 cm³/mol. The van der Waals surface area contributed by atoms with E-state index in [1.54, 1.807) is 0 Å². The van der Waals surface area contributed by atoms with Crippen molar-refractivity contribution in [2.75, 3.05) is 0 Å². The Morgan fingerprint density at radius 1 is 1.20 bits per heavy atom. The number of ether oxygens (including phenoxy) is 1. The first-order valence-electron chi connectivity index (χ1n) is 4.77. The molecular formula is C9H8BrF4N5O. The van der Waals surface area contributed by atoms with Crippen LogP contribution in [0, 0.1) is 5.82 Å². The van der Waals surface area contributed by atoms with Crippen LogP contribution in [0.5, 0.6) is 5.75 Å². The zero-order valence-corrected chi connectivity index (χ0v) is 11.2. The Labute approximate surface area is 118 Å². The van der Waals surface area contributed by atoms with Gasteiger partial charge in [0.15, 0.2) is 17.5 Å². The number of alkyl halides is 3. The summed E-state index contributed by atoms with van der Waals surface area (Å²) in [5, 5.41) is 0. The molecule has 1 rings (SSSR count). The molecule has 0 aliphatic heterocycles. The van der Waals surface area contributed by atoms with Gasteiger partial charge >= 0.3 is 6.36 Å². The van der Waals surface area contributed by atoms with Crippen molar-refractivity contribution in [1.82, 2.24) is 0 Å². The lowest BCUT2D eigenvalue weighted by Crippen LogP contribution is -2.26. The van der Waals surface area contributed by atoms with Crippen molar-refractivity contribution in [3.05, 3.63) is 22.4 Å². The van der Waals surface area contributed by atoms with Gasteiger partial charge in [-0.2, -0.15) is 4.99 Å². The number of aliphatic imine (C=N–C) groups is 2. The molecule has 0 heterocycles. The van der Waals surface area contributed by atoms with Crippen molar-refractivity contribution in [2.24, 2.45) is 27.2 Å². The first-order chi connectivity index (χ1) is 9.10. The Bertz CT molecular complexity index is 568. The summed E-state index contributed by atoms with van der Waals surface area (Å²) in [6.07, 6.45) is -5.10. The molecule has 6 nitrogen and oxygen atoms in total. The lowest BCUT2D eigenvalue weighted by Gasteiger charge is -2.13. The Hall–Kier alpha value is -2.04. The molecule has 0 saturated heterocycles. The Balaban J connectivity index is 3.38. The monoisotopic (exact) mass is 357 g/mol. The molecule has 110 valence electrons. The lowest BCUT2D eigenvalue weighted by molar-refractivity contribution is -0.275. The van der Waals surface area contributed by atoms with Crippen molar-refractivity contribution >= 4 is 33.5 Å². The molecule has 0 aromatic heterocycles. The fourth-order valence-electron chi connectivity index (χ4n) is 1.11. The summed E-state index contributed by atoms with van der Waals surface area (Å²) in [6.45, 7) is 0. The van der Waals surface area contributed by atoms with Crippen LogP contribution in [0.2, 0.25) is 0 Å². The van der Waals surface area contributed by atoms with Crippen LogP contribution >= 0.6 is 15.9 Å². The third kappa shape index (κ3) is 4.57. The Morgan fingerprint density at radius 3 is 2.30 bits per heavy atom. The summed E-state index contributed by atoms with van der Waals surface area (Å²) in [5.41, 5.74) is 14.8. The summed E-state index contributed by atoms with van der Waals surface area (Å²) in [6, 6.07) is 1.89. The molecule has 1 aromatic rings. The molecule has 0 radical (unpaired) electrons. The molecular weight excluding hydrogens is 350 g/mol. The van der Waals surface area contributed by atoms with Gasteiger partial charge in [0.05, 0.1) is 0 Å². The normalized spacial score (nSPS) is 12.2. The molecule has 0 amide bonds. The van der Waals surface area contributed by atoms with Gasteiger partial charge in [-0.15, -0.1) is 13.2 Å². The molecule has 0 spiro atoms. The maximum absolute atomic E-state index is 13.4. The second-order valence-corrected chi connectivity index (χ2v) is 4.12. The van der Waals surface area contributed by atoms with Gasteiger partial charge in [0.1, 0.15) is 5.69 Å². The summed E-state index contributed by atoms with van der Waals surface area (Å²) in [7, 11) is 0. The van der Waals surface area contributed by atoms with E-state index in [1.807, 2.05) is 0 Å². The van der Waals surface area contributed by atoms with Crippen LogP contribution in [0.4, 0.5) is 23.2 Å². The number of nitrogens with two attached hydrogens (primary N) is 3. The van der Waals surface area contributed by atoms with Gasteiger partial charge in [-0.25, -0.2) is 9.38 Å². The fraction of sp³-hybridized carbons (Fsp3) is 0.111. The Morgan fingerprint density at radius 2 is 1.80 bits per heavy atom. The minimum atomic E-state index is -5.10. The number of benzene rings is 1. The first-order valence-corrected chi connectivity index (χ1v) is 5.57. The fourth-order valence-corrected chi connectivity index (χ4v) is 1.51. The number of rotatable bonds is 2. The van der Waals surface area contributed by atoms with E-state index in [0.717, 1.165) is 12.1 Å². The number of hydrogen-bond acceptors (Lipinski definition) is 2. The third-order valence-electron chi connectivity index (χ3n) is 1.72. The zero-order chi connectivity index (χ0) is 15.5. The molecule has 0 aliphatic rings. The minimum Gasteiger partial charge on any atom is -0.400 e. The van der Waals surface area contributed by atoms with Crippen molar-refractivity contribution in [2.45, 2.75) is 6.36 Å². The van der Waals surface area contributed by atoms with Crippen molar-refractivity contribution in [1.29, 1.82) is 0 Å². The van der Waals surface area contributed by atoms with Crippen LogP contribution in [0.1, 0.15) is 0 Å². The number of guanidine groups is 2. The molecule has 0 aliphatic carbocycles. The average Bonchev–Trinajstić information content (AvgIpc) is 2.26. The smallest absolute Gasteiger partial charge is 0.400 e. The van der Waals surface area contributed by atoms with E-state index in [-0.39, 0.29) is 4.47 Å². The maximum atomic E-state index is 13.4. The highest BCUT2D eigenvalue weighted by molar-refractivity contribution is 9.10. The predicted octanol–water partition coefficient (Wildman–Crippen LogP) is 1.71. The molecule has 1 aromatic carbocycles. The maximum Gasteiger partial charge on any atom is 0.573 e. The molecule has 11 heteroatoms. The molecule has 0 bridgehead atoms. The van der Waals surface area contributed by atoms with Crippen LogP contribution in [0.3, 0.4) is 0 Å². The standard InChI is InChI=1S/C9H8BrF4N5O/c10-3-1-2-4(11)6(20-9(12,13)14)5(3)18-8(17)19-7(15)16/h1-2H,(H6,15,16,17,18,19). The van der Waals surface area contributed by atoms with E-state index >= 15 is 0 Å². The average molecular weight is 358 g/mol. The van der Waals surface area contributed by atoms with E-state index < -0.39 is 35.5 Å². The van der Waals surface area contributed by atoms with E-state index in [4.69, 9.17) is 17.2 Å². The van der Waals surface area contributed by atoms with Crippen LogP contribution in [0.25, 0.3) is 0 Å². The van der Waals surface area contributed by atoms with Crippen molar-refractivity contribution in [3.63, 3.8) is 0 Å². The van der Waals surface area contributed by atoms with E-state index in [1.165, 1.54) is 0 Å². The largest absolute Gasteiger partial charge is 0.573 e. The minimum absolute atomic E-state index is 0.00638. The van der Waals surface area contributed by atoms with Crippen LogP contribution in [-0.4, -0.2) is 18.3 Å². The number of hydrogen-bond donors (Lipinski definition) is 3. The second kappa shape index (κ2) is 5.94. The first kappa shape index (κ1) is 16.0. The van der Waals surface area contributed by atoms with Crippen LogP contribution in [-0.2, 0) is 0 Å². The topological polar surface area (TPSA) is 112 Å². The third-order valence-corrected chi connectivity index (χ3v) is 2.36. The van der Waals surface area contributed by atoms with Crippen molar-refractivity contribution < 1.29 is 22.3 Å². The van der Waals surface area contributed by atoms with Gasteiger partial charge in [0.25, 0.3) is 0 Å². The van der Waals surface area contributed by atoms with Crippen LogP contribution < -0.4 is 21.9 Å². The van der Waals surface area contributed by atoms with Gasteiger partial charge in [0, 0.05) is 4.47 Å². The van der Waals surface area contributed by atoms with Gasteiger partial charge in [-0.1, -0.05) is 0 Å². The molecule has 0 atom stereocenters. The van der Waals surface area contributed by atoms with Gasteiger partial charge in [-0.3, -0.25) is 0 Å². The highest BCUT2D eigenvalue weighted by Gasteiger charge is 2.34. The zero-order valence-electron chi connectivity index (χ0n) is 9.58. The second-order valence-electron chi connectivity index (χ2n) is 3.26. The van der Waals surface area contributed by atoms with E-state index in [9.17, 15) is 17.6 Å². The molecule has 0 unspecified atom stereocenters. The number of halogens is 5. The molecule has 6 N–H and O–H groups in total. The summed E-state index contributed by atoms with van der Waals surface area (Å²) >= 11 is 2.90. The molecule has 0 fully saturated rings. The SMILES string of the molecule is NC(N)=NC(N)=Nc1c(Br)ccc(F)c1OC(F)(F)F. The van der Waals surface area contributed by atoms with Gasteiger partial charge in [-0.05, 0) is 28.1 Å². The van der Waals surface area contributed by atoms with Gasteiger partial charge < -0.3 is 21.9 Å². The lowest BCUT2D eigenvalue weighted by atomic mass is 10.3. The summed E-state index contributed by atoms with van der Waals surface area (Å²) in [5.74, 6) is -3.46. The molecule has 0 saturated carbocycles. The van der Waals surface area contributed by atoms with Crippen LogP contribution in [0.15, 0.2) is 26.6 Å². The highest BCUT2D eigenvalue weighted by atomic mass is 79.9. The summed E-state index contributed by atoms with van der Waals surface area (Å²) in [4.78, 5) is 6.78. The summed E-state index contributed by atoms with van der Waals surface area (Å²) < 4.78 is 53.7. The van der Waals surface area contributed by atoms with E-state index in [0.29, 0.717) is 0 Å². The number of nitrogens with zero attached hydrogens (tertiary/aromatic N) is 2. The highest BCUT2D eigenvalue weighted by Crippen LogP contribution is 2.40. The molecule has 20 heavy (non-hydrogen) atoms. The van der Waals surface area contributed by atoms with E-state index in [2.05, 4.69) is 30.7 Å². The quantitative estimate of drug-likeness (QED) is 0.424. The Kier molecular flexibility index (Phi) is 4.76. The van der Waals surface area contributed by atoms with Crippen molar-refractivity contribution in [3.8, 4) is 5.75 Å². The van der Waals surface area contributed by atoms with Gasteiger partial charge in [0.2, 0.25) is 5.96 Å².